The third kappa shape index (κ3) is 5.87. The number of aliphatic imine (C=N–C) groups is 1. The van der Waals surface area contributed by atoms with Gasteiger partial charge in [-0.05, 0) is 26.0 Å². The molecule has 146 valence electrons. The maximum absolute atomic E-state index is 12.1. The number of thiophene rings is 1. The second-order valence-corrected chi connectivity index (χ2v) is 10.4. The van der Waals surface area contributed by atoms with Gasteiger partial charge >= 0.3 is 0 Å². The second-order valence-electron chi connectivity index (χ2n) is 5.54. The molecule has 0 atom stereocenters. The molecule has 0 bridgehead atoms. The first-order chi connectivity index (χ1) is 11.7. The number of hydrogen-bond acceptors (Lipinski definition) is 6. The minimum atomic E-state index is -3.38. The van der Waals surface area contributed by atoms with Crippen LogP contribution in [0, 0.1) is 13.8 Å². The maximum Gasteiger partial charge on any atom is 0.252 e. The number of sulfonamides is 1. The number of nitrogens with zero attached hydrogens (tertiary/aromatic N) is 3. The normalized spacial score (nSPS) is 12.2. The standard InChI is InChI=1S/C15H23N5O2S3.HI/c1-10-11(2)23-13(19-10)9-18-15(16-3)17-8-12-6-7-14(24-12)25(21,22)20(4)5;/h6-7H,8-9H2,1-5H3,(H2,16,17,18);1H. The smallest absolute Gasteiger partial charge is 0.252 e. The summed E-state index contributed by atoms with van der Waals surface area (Å²) in [6.07, 6.45) is 0. The van der Waals surface area contributed by atoms with Crippen molar-refractivity contribution in [2.24, 2.45) is 4.99 Å². The Morgan fingerprint density at radius 1 is 1.19 bits per heavy atom. The van der Waals surface area contributed by atoms with Gasteiger partial charge in [0.15, 0.2) is 5.96 Å². The molecule has 0 saturated carbocycles. The summed E-state index contributed by atoms with van der Waals surface area (Å²) in [5.74, 6) is 0.649. The minimum Gasteiger partial charge on any atom is -0.352 e. The lowest BCUT2D eigenvalue weighted by Gasteiger charge is -2.10. The van der Waals surface area contributed by atoms with E-state index in [2.05, 4.69) is 27.5 Å². The topological polar surface area (TPSA) is 86.7 Å². The summed E-state index contributed by atoms with van der Waals surface area (Å²) in [4.78, 5) is 10.8. The van der Waals surface area contributed by atoms with Crippen LogP contribution in [0.5, 0.6) is 0 Å². The van der Waals surface area contributed by atoms with Crippen molar-refractivity contribution in [3.8, 4) is 0 Å². The van der Waals surface area contributed by atoms with Crippen LogP contribution in [-0.4, -0.2) is 44.8 Å². The van der Waals surface area contributed by atoms with Crippen LogP contribution in [0.3, 0.4) is 0 Å². The van der Waals surface area contributed by atoms with Crippen LogP contribution in [0.25, 0.3) is 0 Å². The van der Waals surface area contributed by atoms with E-state index < -0.39 is 10.0 Å². The molecule has 0 saturated heterocycles. The van der Waals surface area contributed by atoms with E-state index in [9.17, 15) is 8.42 Å². The van der Waals surface area contributed by atoms with Crippen molar-refractivity contribution in [2.75, 3.05) is 21.1 Å². The number of thiazole rings is 1. The molecule has 0 radical (unpaired) electrons. The molecule has 26 heavy (non-hydrogen) atoms. The molecule has 0 spiro atoms. The van der Waals surface area contributed by atoms with E-state index >= 15 is 0 Å². The summed E-state index contributed by atoms with van der Waals surface area (Å²) in [6, 6.07) is 3.45. The van der Waals surface area contributed by atoms with Gasteiger partial charge in [0, 0.05) is 30.9 Å². The molecule has 0 aliphatic heterocycles. The van der Waals surface area contributed by atoms with Gasteiger partial charge in [-0.3, -0.25) is 4.99 Å². The van der Waals surface area contributed by atoms with Gasteiger partial charge in [0.25, 0.3) is 10.0 Å². The molecular weight excluding hydrogens is 505 g/mol. The molecule has 0 amide bonds. The van der Waals surface area contributed by atoms with Crippen LogP contribution in [0.15, 0.2) is 21.3 Å². The molecular formula is C15H24IN5O2S3. The summed E-state index contributed by atoms with van der Waals surface area (Å²) in [6.45, 7) is 5.16. The van der Waals surface area contributed by atoms with Gasteiger partial charge in [-0.1, -0.05) is 0 Å². The molecule has 7 nitrogen and oxygen atoms in total. The van der Waals surface area contributed by atoms with Gasteiger partial charge in [-0.2, -0.15) is 0 Å². The molecule has 2 heterocycles. The van der Waals surface area contributed by atoms with Crippen LogP contribution < -0.4 is 10.6 Å². The van der Waals surface area contributed by atoms with Crippen molar-refractivity contribution in [3.05, 3.63) is 32.6 Å². The first-order valence-corrected chi connectivity index (χ1v) is 10.7. The van der Waals surface area contributed by atoms with Crippen LogP contribution >= 0.6 is 46.7 Å². The first kappa shape index (κ1) is 23.3. The summed E-state index contributed by atoms with van der Waals surface area (Å²) < 4.78 is 25.8. The molecule has 0 fully saturated rings. The van der Waals surface area contributed by atoms with Crippen LogP contribution in [0.1, 0.15) is 20.5 Å². The van der Waals surface area contributed by atoms with Crippen molar-refractivity contribution in [1.29, 1.82) is 0 Å². The van der Waals surface area contributed by atoms with Crippen molar-refractivity contribution < 1.29 is 8.42 Å². The Bertz CT molecular complexity index is 839. The van der Waals surface area contributed by atoms with Gasteiger partial charge in [-0.25, -0.2) is 17.7 Å². The molecule has 2 rings (SSSR count). The highest BCUT2D eigenvalue weighted by Crippen LogP contribution is 2.23. The largest absolute Gasteiger partial charge is 0.352 e. The first-order valence-electron chi connectivity index (χ1n) is 7.62. The van der Waals surface area contributed by atoms with Crippen LogP contribution in [0.2, 0.25) is 0 Å². The number of rotatable bonds is 6. The monoisotopic (exact) mass is 529 g/mol. The summed E-state index contributed by atoms with van der Waals surface area (Å²) in [5.41, 5.74) is 1.05. The molecule has 0 aliphatic carbocycles. The van der Waals surface area contributed by atoms with Crippen molar-refractivity contribution in [2.45, 2.75) is 31.1 Å². The Balaban J connectivity index is 0.00000338. The number of hydrogen-bond donors (Lipinski definition) is 2. The zero-order valence-corrected chi connectivity index (χ0v) is 20.1. The quantitative estimate of drug-likeness (QED) is 0.341. The number of aromatic nitrogens is 1. The molecule has 0 aromatic carbocycles. The van der Waals surface area contributed by atoms with E-state index in [4.69, 9.17) is 0 Å². The van der Waals surface area contributed by atoms with E-state index in [1.165, 1.54) is 34.6 Å². The number of halogens is 1. The number of aryl methyl sites for hydroxylation is 2. The average molecular weight is 529 g/mol. The highest BCUT2D eigenvalue weighted by molar-refractivity contribution is 14.0. The molecule has 0 unspecified atom stereocenters. The van der Waals surface area contributed by atoms with Gasteiger partial charge in [0.05, 0.1) is 18.8 Å². The average Bonchev–Trinajstić information content (AvgIpc) is 3.15. The highest BCUT2D eigenvalue weighted by Gasteiger charge is 2.19. The van der Waals surface area contributed by atoms with Gasteiger partial charge in [-0.15, -0.1) is 46.7 Å². The Morgan fingerprint density at radius 2 is 1.85 bits per heavy atom. The molecule has 2 aromatic rings. The van der Waals surface area contributed by atoms with Crippen LogP contribution in [-0.2, 0) is 23.1 Å². The molecule has 2 aromatic heterocycles. The zero-order valence-electron chi connectivity index (χ0n) is 15.4. The lowest BCUT2D eigenvalue weighted by Crippen LogP contribution is -2.36. The zero-order chi connectivity index (χ0) is 18.6. The Kier molecular flexibility index (Phi) is 8.93. The molecule has 11 heteroatoms. The van der Waals surface area contributed by atoms with E-state index in [0.29, 0.717) is 23.3 Å². The fraction of sp³-hybridized carbons (Fsp3) is 0.467. The van der Waals surface area contributed by atoms with E-state index in [1.54, 1.807) is 24.5 Å². The Morgan fingerprint density at radius 3 is 2.38 bits per heavy atom. The number of guanidine groups is 1. The summed E-state index contributed by atoms with van der Waals surface area (Å²) in [5, 5.41) is 7.41. The Hall–Kier alpha value is -0.760. The molecule has 2 N–H and O–H groups in total. The van der Waals surface area contributed by atoms with Gasteiger partial charge in [0.1, 0.15) is 9.22 Å². The predicted molar refractivity (Wildman–Crippen MR) is 119 cm³/mol. The lowest BCUT2D eigenvalue weighted by atomic mass is 10.4. The SMILES string of the molecule is CN=C(NCc1ccc(S(=O)(=O)N(C)C)s1)NCc1nc(C)c(C)s1.I. The van der Waals surface area contributed by atoms with E-state index in [1.807, 2.05) is 13.0 Å². The summed E-state index contributed by atoms with van der Waals surface area (Å²) in [7, 11) is 1.38. The molecule has 0 aliphatic rings. The van der Waals surface area contributed by atoms with E-state index in [-0.39, 0.29) is 24.0 Å². The van der Waals surface area contributed by atoms with Crippen LogP contribution in [0.4, 0.5) is 0 Å². The predicted octanol–water partition coefficient (Wildman–Crippen LogP) is 2.55. The Labute approximate surface area is 180 Å². The number of nitrogens with one attached hydrogen (secondary N) is 2. The van der Waals surface area contributed by atoms with Crippen molar-refractivity contribution >= 4 is 62.6 Å². The van der Waals surface area contributed by atoms with E-state index in [0.717, 1.165) is 15.6 Å². The van der Waals surface area contributed by atoms with Crippen molar-refractivity contribution in [1.82, 2.24) is 19.9 Å². The third-order valence-corrected chi connectivity index (χ3v) is 7.95. The maximum atomic E-state index is 12.1. The van der Waals surface area contributed by atoms with Gasteiger partial charge < -0.3 is 10.6 Å². The van der Waals surface area contributed by atoms with Gasteiger partial charge in [0.2, 0.25) is 0 Å². The fourth-order valence-corrected chi connectivity index (χ4v) is 5.28. The lowest BCUT2D eigenvalue weighted by molar-refractivity contribution is 0.523. The fourth-order valence-electron chi connectivity index (χ4n) is 1.94. The highest BCUT2D eigenvalue weighted by atomic mass is 127. The minimum absolute atomic E-state index is 0. The van der Waals surface area contributed by atoms with Crippen molar-refractivity contribution in [3.63, 3.8) is 0 Å². The third-order valence-electron chi connectivity index (χ3n) is 3.51. The summed E-state index contributed by atoms with van der Waals surface area (Å²) >= 11 is 2.92. The second kappa shape index (κ2) is 9.97.